The van der Waals surface area contributed by atoms with Gasteiger partial charge in [0.2, 0.25) is 0 Å². The van der Waals surface area contributed by atoms with Crippen LogP contribution >= 0.6 is 0 Å². The Bertz CT molecular complexity index is 805. The van der Waals surface area contributed by atoms with Gasteiger partial charge in [0.25, 0.3) is 0 Å². The van der Waals surface area contributed by atoms with Crippen molar-refractivity contribution >= 4 is 0 Å². The number of aromatic hydroxyl groups is 1. The summed E-state index contributed by atoms with van der Waals surface area (Å²) in [4.78, 5) is 4.52. The number of phenols is 1. The van der Waals surface area contributed by atoms with Crippen molar-refractivity contribution in [2.45, 2.75) is 32.9 Å². The normalized spacial score (nSPS) is 12.5. The molecular formula is C17H20N4O2. The molecule has 6 nitrogen and oxygen atoms in total. The average Bonchev–Trinajstić information content (AvgIpc) is 3.06. The number of nitrogens with zero attached hydrogens (tertiary/aromatic N) is 3. The lowest BCUT2D eigenvalue weighted by Crippen LogP contribution is -2.11. The van der Waals surface area contributed by atoms with Gasteiger partial charge in [0.1, 0.15) is 5.75 Å². The number of aromatic nitrogens is 4. The van der Waals surface area contributed by atoms with Gasteiger partial charge < -0.3 is 14.8 Å². The van der Waals surface area contributed by atoms with Crippen LogP contribution in [0.1, 0.15) is 23.9 Å². The summed E-state index contributed by atoms with van der Waals surface area (Å²) in [5, 5.41) is 26.4. The van der Waals surface area contributed by atoms with Crippen molar-refractivity contribution in [2.24, 2.45) is 0 Å². The zero-order valence-electron chi connectivity index (χ0n) is 13.2. The van der Waals surface area contributed by atoms with Gasteiger partial charge in [-0.2, -0.15) is 5.10 Å². The van der Waals surface area contributed by atoms with Gasteiger partial charge in [-0.3, -0.25) is 5.10 Å². The molecule has 0 aliphatic heterocycles. The molecule has 0 aliphatic carbocycles. The summed E-state index contributed by atoms with van der Waals surface area (Å²) >= 11 is 0. The number of aliphatic hydroxyl groups excluding tert-OH is 1. The Kier molecular flexibility index (Phi) is 4.16. The monoisotopic (exact) mass is 312 g/mol. The lowest BCUT2D eigenvalue weighted by atomic mass is 10.1. The van der Waals surface area contributed by atoms with Gasteiger partial charge in [-0.05, 0) is 31.5 Å². The first-order chi connectivity index (χ1) is 11.0. The molecule has 2 heterocycles. The van der Waals surface area contributed by atoms with E-state index >= 15 is 0 Å². The molecule has 0 saturated heterocycles. The number of hydrogen-bond acceptors (Lipinski definition) is 4. The maximum atomic E-state index is 9.85. The molecule has 0 bridgehead atoms. The van der Waals surface area contributed by atoms with Crippen LogP contribution in [0, 0.1) is 6.92 Å². The van der Waals surface area contributed by atoms with E-state index in [4.69, 9.17) is 0 Å². The fourth-order valence-electron chi connectivity index (χ4n) is 2.70. The van der Waals surface area contributed by atoms with Gasteiger partial charge in [-0.15, -0.1) is 0 Å². The van der Waals surface area contributed by atoms with E-state index in [1.165, 1.54) is 0 Å². The number of aromatic amines is 1. The zero-order chi connectivity index (χ0) is 16.4. The highest BCUT2D eigenvalue weighted by Crippen LogP contribution is 2.26. The molecule has 0 aliphatic rings. The van der Waals surface area contributed by atoms with E-state index in [0.717, 1.165) is 28.2 Å². The molecular weight excluding hydrogens is 292 g/mol. The highest BCUT2D eigenvalue weighted by atomic mass is 16.3. The summed E-state index contributed by atoms with van der Waals surface area (Å²) < 4.78 is 2.00. The highest BCUT2D eigenvalue weighted by Gasteiger charge is 2.17. The van der Waals surface area contributed by atoms with E-state index in [9.17, 15) is 10.2 Å². The van der Waals surface area contributed by atoms with Crippen molar-refractivity contribution in [1.82, 2.24) is 19.7 Å². The Morgan fingerprint density at radius 1 is 1.35 bits per heavy atom. The molecule has 3 aromatic rings. The Hall–Kier alpha value is -2.60. The fraction of sp³-hybridized carbons (Fsp3) is 0.294. The van der Waals surface area contributed by atoms with E-state index in [2.05, 4.69) is 15.2 Å². The highest BCUT2D eigenvalue weighted by molar-refractivity contribution is 5.63. The molecule has 120 valence electrons. The predicted octanol–water partition coefficient (Wildman–Crippen LogP) is 2.26. The second-order valence-electron chi connectivity index (χ2n) is 5.80. The van der Waals surface area contributed by atoms with Crippen LogP contribution in [0.5, 0.6) is 5.75 Å². The summed E-state index contributed by atoms with van der Waals surface area (Å²) in [7, 11) is 0. The van der Waals surface area contributed by atoms with Crippen molar-refractivity contribution in [3.63, 3.8) is 0 Å². The molecule has 0 spiro atoms. The molecule has 3 N–H and O–H groups in total. The third-order valence-corrected chi connectivity index (χ3v) is 3.78. The topological polar surface area (TPSA) is 87.0 Å². The number of aliphatic hydroxyl groups is 1. The Labute approximate surface area is 134 Å². The molecule has 3 rings (SSSR count). The number of rotatable bonds is 5. The number of hydrogen-bond donors (Lipinski definition) is 3. The maximum absolute atomic E-state index is 9.85. The van der Waals surface area contributed by atoms with Crippen LogP contribution in [0.2, 0.25) is 0 Å². The molecule has 0 radical (unpaired) electrons. The first-order valence-corrected chi connectivity index (χ1v) is 7.55. The van der Waals surface area contributed by atoms with Gasteiger partial charge in [0.05, 0.1) is 24.3 Å². The molecule has 0 saturated carbocycles. The van der Waals surface area contributed by atoms with Crippen molar-refractivity contribution in [3.05, 3.63) is 53.7 Å². The number of benzene rings is 1. The van der Waals surface area contributed by atoms with Crippen molar-refractivity contribution in [1.29, 1.82) is 0 Å². The van der Waals surface area contributed by atoms with E-state index < -0.39 is 6.10 Å². The number of phenolic OH excluding ortho intramolecular Hbond substituents is 1. The lowest BCUT2D eigenvalue weighted by molar-refractivity contribution is 0.193. The molecule has 0 amide bonds. The van der Waals surface area contributed by atoms with E-state index in [1.54, 1.807) is 31.6 Å². The maximum Gasteiger partial charge on any atom is 0.115 e. The number of imidazole rings is 1. The molecule has 6 heteroatoms. The van der Waals surface area contributed by atoms with Gasteiger partial charge in [0, 0.05) is 29.9 Å². The molecule has 1 unspecified atom stereocenters. The second kappa shape index (κ2) is 6.26. The summed E-state index contributed by atoms with van der Waals surface area (Å²) in [6, 6.07) is 7.15. The van der Waals surface area contributed by atoms with Crippen LogP contribution in [0.3, 0.4) is 0 Å². The minimum Gasteiger partial charge on any atom is -0.508 e. The Morgan fingerprint density at radius 3 is 2.83 bits per heavy atom. The minimum absolute atomic E-state index is 0.241. The minimum atomic E-state index is -0.472. The first-order valence-electron chi connectivity index (χ1n) is 7.55. The van der Waals surface area contributed by atoms with Crippen molar-refractivity contribution < 1.29 is 10.2 Å². The van der Waals surface area contributed by atoms with Crippen molar-refractivity contribution in [2.75, 3.05) is 0 Å². The molecule has 1 aromatic carbocycles. The lowest BCUT2D eigenvalue weighted by Gasteiger charge is -2.12. The van der Waals surface area contributed by atoms with Gasteiger partial charge in [0.15, 0.2) is 0 Å². The molecule has 23 heavy (non-hydrogen) atoms. The number of nitrogens with one attached hydrogen (secondary N) is 1. The van der Waals surface area contributed by atoms with Crippen LogP contribution in [-0.2, 0) is 13.0 Å². The molecule has 1 atom stereocenters. The van der Waals surface area contributed by atoms with Gasteiger partial charge >= 0.3 is 0 Å². The van der Waals surface area contributed by atoms with Crippen LogP contribution in [0.4, 0.5) is 0 Å². The average molecular weight is 312 g/mol. The third kappa shape index (κ3) is 3.27. The van der Waals surface area contributed by atoms with E-state index in [1.807, 2.05) is 23.6 Å². The van der Waals surface area contributed by atoms with Crippen LogP contribution < -0.4 is 0 Å². The summed E-state index contributed by atoms with van der Waals surface area (Å²) in [5.74, 6) is 0.241. The third-order valence-electron chi connectivity index (χ3n) is 3.78. The number of H-pyrrole nitrogens is 1. The Balaban J connectivity index is 2.00. The summed E-state index contributed by atoms with van der Waals surface area (Å²) in [6.07, 6.45) is 3.55. The standard InChI is InChI=1S/C17H20N4O2/c1-11(22)6-16-17(15-8-19-20-12(15)2)18-10-21(16)9-13-4-3-5-14(23)7-13/h3-5,7-8,10-11,22-23H,6,9H2,1-2H3,(H,19,20). The predicted molar refractivity (Wildman–Crippen MR) is 87.1 cm³/mol. The zero-order valence-corrected chi connectivity index (χ0v) is 13.2. The number of aryl methyl sites for hydroxylation is 1. The second-order valence-corrected chi connectivity index (χ2v) is 5.80. The van der Waals surface area contributed by atoms with Gasteiger partial charge in [-0.1, -0.05) is 12.1 Å². The first kappa shape index (κ1) is 15.3. The summed E-state index contributed by atoms with van der Waals surface area (Å²) in [5.41, 5.74) is 4.64. The molecule has 0 fully saturated rings. The van der Waals surface area contributed by atoms with Crippen LogP contribution in [-0.4, -0.2) is 36.1 Å². The van der Waals surface area contributed by atoms with Crippen LogP contribution in [0.25, 0.3) is 11.3 Å². The van der Waals surface area contributed by atoms with Crippen molar-refractivity contribution in [3.8, 4) is 17.0 Å². The largest absolute Gasteiger partial charge is 0.508 e. The van der Waals surface area contributed by atoms with Crippen LogP contribution in [0.15, 0.2) is 36.8 Å². The fourth-order valence-corrected chi connectivity index (χ4v) is 2.70. The molecule has 2 aromatic heterocycles. The summed E-state index contributed by atoms with van der Waals surface area (Å²) in [6.45, 7) is 4.29. The smallest absolute Gasteiger partial charge is 0.115 e. The quantitative estimate of drug-likeness (QED) is 0.674. The van der Waals surface area contributed by atoms with Gasteiger partial charge in [-0.25, -0.2) is 4.98 Å². The Morgan fingerprint density at radius 2 is 2.17 bits per heavy atom. The SMILES string of the molecule is Cc1[nH]ncc1-c1ncn(Cc2cccc(O)c2)c1CC(C)O. The van der Waals surface area contributed by atoms with E-state index in [0.29, 0.717) is 13.0 Å². The van der Waals surface area contributed by atoms with E-state index in [-0.39, 0.29) is 5.75 Å².